The summed E-state index contributed by atoms with van der Waals surface area (Å²) < 4.78 is 26.0. The van der Waals surface area contributed by atoms with Crippen LogP contribution in [-0.4, -0.2) is 52.8 Å². The first kappa shape index (κ1) is 14.3. The average molecular weight is 273 g/mol. The summed E-state index contributed by atoms with van der Waals surface area (Å²) >= 11 is 0. The van der Waals surface area contributed by atoms with Crippen molar-refractivity contribution >= 4 is 0 Å². The number of alkyl halides is 2. The third-order valence-corrected chi connectivity index (χ3v) is 3.39. The van der Waals surface area contributed by atoms with Crippen molar-refractivity contribution in [2.75, 3.05) is 26.7 Å². The molecule has 0 amide bonds. The lowest BCUT2D eigenvalue weighted by Crippen LogP contribution is -2.37. The fraction of sp³-hybridized carbons (Fsp3) is 0.833. The number of piperidine rings is 1. The number of hydrogen-bond donors (Lipinski definition) is 1. The molecule has 0 bridgehead atoms. The second kappa shape index (κ2) is 6.91. The zero-order valence-corrected chi connectivity index (χ0v) is 11.2. The minimum atomic E-state index is -2.40. The molecule has 0 spiro atoms. The van der Waals surface area contributed by atoms with Crippen LogP contribution in [0.1, 0.15) is 18.7 Å². The Morgan fingerprint density at radius 1 is 1.58 bits per heavy atom. The van der Waals surface area contributed by atoms with Crippen LogP contribution in [-0.2, 0) is 13.1 Å². The first-order valence-corrected chi connectivity index (χ1v) is 6.69. The van der Waals surface area contributed by atoms with Gasteiger partial charge in [-0.25, -0.2) is 18.4 Å². The van der Waals surface area contributed by atoms with Gasteiger partial charge in [0.15, 0.2) is 0 Å². The van der Waals surface area contributed by atoms with Gasteiger partial charge in [0.2, 0.25) is 0 Å². The summed E-state index contributed by atoms with van der Waals surface area (Å²) in [6.07, 6.45) is 1.38. The predicted molar refractivity (Wildman–Crippen MR) is 68.0 cm³/mol. The lowest BCUT2D eigenvalue weighted by Gasteiger charge is -2.27. The van der Waals surface area contributed by atoms with E-state index in [1.807, 2.05) is 7.05 Å². The Morgan fingerprint density at radius 2 is 2.42 bits per heavy atom. The number of nitrogens with zero attached hydrogens (tertiary/aromatic N) is 4. The van der Waals surface area contributed by atoms with Gasteiger partial charge < -0.3 is 5.32 Å². The van der Waals surface area contributed by atoms with Crippen molar-refractivity contribution in [1.82, 2.24) is 25.0 Å². The van der Waals surface area contributed by atoms with E-state index in [0.717, 1.165) is 19.6 Å². The highest BCUT2D eigenvalue weighted by Gasteiger charge is 2.17. The normalized spacial score (nSPS) is 20.4. The summed E-state index contributed by atoms with van der Waals surface area (Å²) in [6, 6.07) is 0. The highest BCUT2D eigenvalue weighted by molar-refractivity contribution is 4.85. The van der Waals surface area contributed by atoms with E-state index in [0.29, 0.717) is 18.3 Å². The van der Waals surface area contributed by atoms with Crippen LogP contribution in [0.15, 0.2) is 6.33 Å². The lowest BCUT2D eigenvalue weighted by molar-refractivity contribution is 0.118. The number of rotatable bonds is 6. The molecular weight excluding hydrogens is 252 g/mol. The fourth-order valence-corrected chi connectivity index (χ4v) is 2.52. The molecule has 7 heteroatoms. The molecule has 0 radical (unpaired) electrons. The zero-order valence-electron chi connectivity index (χ0n) is 11.2. The fourth-order valence-electron chi connectivity index (χ4n) is 2.52. The number of nitrogens with one attached hydrogen (secondary N) is 1. The van der Waals surface area contributed by atoms with E-state index in [-0.39, 0.29) is 6.54 Å². The molecule has 1 aliphatic rings. The van der Waals surface area contributed by atoms with Crippen LogP contribution in [0.2, 0.25) is 0 Å². The molecular formula is C12H21F2N5. The summed E-state index contributed by atoms with van der Waals surface area (Å²) in [5.74, 6) is 1.23. The SMILES string of the molecule is CN(Cc1ncnn1CC(F)F)CC1CCCNC1. The molecule has 2 heterocycles. The molecule has 1 atom stereocenters. The van der Waals surface area contributed by atoms with Gasteiger partial charge in [-0.15, -0.1) is 0 Å². The van der Waals surface area contributed by atoms with Gasteiger partial charge in [-0.05, 0) is 38.9 Å². The van der Waals surface area contributed by atoms with Crippen molar-refractivity contribution in [1.29, 1.82) is 0 Å². The summed E-state index contributed by atoms with van der Waals surface area (Å²) in [5, 5.41) is 7.22. The Kier molecular flexibility index (Phi) is 5.21. The smallest absolute Gasteiger partial charge is 0.257 e. The number of hydrogen-bond acceptors (Lipinski definition) is 4. The second-order valence-corrected chi connectivity index (χ2v) is 5.16. The Bertz CT molecular complexity index is 376. The highest BCUT2D eigenvalue weighted by Crippen LogP contribution is 2.12. The standard InChI is InChI=1S/C12H21F2N5/c1-18(6-10-3-2-4-15-5-10)8-12-16-9-17-19(12)7-11(13)14/h9-11,15H,2-8H2,1H3. The molecule has 19 heavy (non-hydrogen) atoms. The Balaban J connectivity index is 1.84. The molecule has 1 saturated heterocycles. The molecule has 0 saturated carbocycles. The summed E-state index contributed by atoms with van der Waals surface area (Å²) in [6.45, 7) is 3.27. The second-order valence-electron chi connectivity index (χ2n) is 5.16. The molecule has 1 unspecified atom stereocenters. The lowest BCUT2D eigenvalue weighted by atomic mass is 9.99. The van der Waals surface area contributed by atoms with Gasteiger partial charge in [0, 0.05) is 6.54 Å². The number of halogens is 2. The van der Waals surface area contributed by atoms with E-state index in [2.05, 4.69) is 20.3 Å². The third-order valence-electron chi connectivity index (χ3n) is 3.39. The summed E-state index contributed by atoms with van der Waals surface area (Å²) in [5.41, 5.74) is 0. The maximum absolute atomic E-state index is 12.4. The Hall–Kier alpha value is -1.08. The minimum absolute atomic E-state index is 0.381. The van der Waals surface area contributed by atoms with Crippen LogP contribution in [0.3, 0.4) is 0 Å². The van der Waals surface area contributed by atoms with Gasteiger partial charge in [0.05, 0.1) is 6.54 Å². The van der Waals surface area contributed by atoms with Crippen molar-refractivity contribution in [3.05, 3.63) is 12.2 Å². The highest BCUT2D eigenvalue weighted by atomic mass is 19.3. The molecule has 1 fully saturated rings. The van der Waals surface area contributed by atoms with Gasteiger partial charge in [-0.3, -0.25) is 4.90 Å². The van der Waals surface area contributed by atoms with Crippen molar-refractivity contribution in [3.8, 4) is 0 Å². The van der Waals surface area contributed by atoms with E-state index in [1.54, 1.807) is 0 Å². The molecule has 108 valence electrons. The van der Waals surface area contributed by atoms with Crippen LogP contribution in [0.5, 0.6) is 0 Å². The van der Waals surface area contributed by atoms with Crippen molar-refractivity contribution in [2.24, 2.45) is 5.92 Å². The quantitative estimate of drug-likeness (QED) is 0.839. The van der Waals surface area contributed by atoms with Gasteiger partial charge >= 0.3 is 0 Å². The Morgan fingerprint density at radius 3 is 3.11 bits per heavy atom. The molecule has 1 N–H and O–H groups in total. The van der Waals surface area contributed by atoms with Gasteiger partial charge in [0.25, 0.3) is 6.43 Å². The van der Waals surface area contributed by atoms with E-state index < -0.39 is 6.43 Å². The maximum atomic E-state index is 12.4. The first-order chi connectivity index (χ1) is 9.15. The molecule has 0 aliphatic carbocycles. The van der Waals surface area contributed by atoms with E-state index in [4.69, 9.17) is 0 Å². The molecule has 1 aliphatic heterocycles. The van der Waals surface area contributed by atoms with E-state index in [1.165, 1.54) is 23.9 Å². The van der Waals surface area contributed by atoms with E-state index in [9.17, 15) is 8.78 Å². The molecule has 5 nitrogen and oxygen atoms in total. The predicted octanol–water partition coefficient (Wildman–Crippen LogP) is 0.975. The van der Waals surface area contributed by atoms with Crippen molar-refractivity contribution in [2.45, 2.75) is 32.4 Å². The minimum Gasteiger partial charge on any atom is -0.316 e. The van der Waals surface area contributed by atoms with Crippen LogP contribution in [0, 0.1) is 5.92 Å². The monoisotopic (exact) mass is 273 g/mol. The van der Waals surface area contributed by atoms with Crippen LogP contribution >= 0.6 is 0 Å². The van der Waals surface area contributed by atoms with Gasteiger partial charge in [-0.1, -0.05) is 0 Å². The first-order valence-electron chi connectivity index (χ1n) is 6.69. The van der Waals surface area contributed by atoms with Gasteiger partial charge in [-0.2, -0.15) is 5.10 Å². The largest absolute Gasteiger partial charge is 0.316 e. The van der Waals surface area contributed by atoms with Crippen molar-refractivity contribution < 1.29 is 8.78 Å². The maximum Gasteiger partial charge on any atom is 0.257 e. The summed E-state index contributed by atoms with van der Waals surface area (Å²) in [7, 11) is 2.00. The average Bonchev–Trinajstić information content (AvgIpc) is 2.77. The van der Waals surface area contributed by atoms with Crippen LogP contribution in [0.25, 0.3) is 0 Å². The molecule has 2 rings (SSSR count). The zero-order chi connectivity index (χ0) is 13.7. The van der Waals surface area contributed by atoms with E-state index >= 15 is 0 Å². The molecule has 0 aromatic carbocycles. The topological polar surface area (TPSA) is 46.0 Å². The third kappa shape index (κ3) is 4.50. The van der Waals surface area contributed by atoms with Crippen LogP contribution in [0.4, 0.5) is 8.78 Å². The van der Waals surface area contributed by atoms with Gasteiger partial charge in [0.1, 0.15) is 18.7 Å². The molecule has 1 aromatic heterocycles. The Labute approximate surface area is 112 Å². The number of aromatic nitrogens is 3. The molecule has 1 aromatic rings. The van der Waals surface area contributed by atoms with Crippen molar-refractivity contribution in [3.63, 3.8) is 0 Å². The van der Waals surface area contributed by atoms with Crippen LogP contribution < -0.4 is 5.32 Å². The summed E-state index contributed by atoms with van der Waals surface area (Å²) in [4.78, 5) is 6.19.